The van der Waals surface area contributed by atoms with E-state index in [1.807, 2.05) is 0 Å². The van der Waals surface area contributed by atoms with E-state index in [4.69, 9.17) is 0 Å². The van der Waals surface area contributed by atoms with E-state index in [2.05, 4.69) is 4.98 Å². The van der Waals surface area contributed by atoms with Crippen molar-refractivity contribution in [3.8, 4) is 0 Å². The molecule has 1 aromatic heterocycles. The van der Waals surface area contributed by atoms with Crippen molar-refractivity contribution in [1.82, 2.24) is 9.55 Å². The SMILES string of the molecule is O=c1[nH]c2cc(F)ccc2n1CC1CCCS(=O)(=O)C1. The molecule has 0 radical (unpaired) electrons. The highest BCUT2D eigenvalue weighted by molar-refractivity contribution is 7.91. The molecule has 1 aliphatic heterocycles. The van der Waals surface area contributed by atoms with Crippen LogP contribution in [0.3, 0.4) is 0 Å². The number of fused-ring (bicyclic) bond motifs is 1. The van der Waals surface area contributed by atoms with Crippen molar-refractivity contribution in [1.29, 1.82) is 0 Å². The summed E-state index contributed by atoms with van der Waals surface area (Å²) in [6.45, 7) is 0.351. The monoisotopic (exact) mass is 298 g/mol. The third-order valence-corrected chi connectivity index (χ3v) is 5.62. The highest BCUT2D eigenvalue weighted by Gasteiger charge is 2.25. The van der Waals surface area contributed by atoms with E-state index in [0.29, 0.717) is 24.0 Å². The molecule has 0 spiro atoms. The molecule has 1 N–H and O–H groups in total. The molecule has 1 aliphatic rings. The van der Waals surface area contributed by atoms with Gasteiger partial charge < -0.3 is 4.98 Å². The molecule has 0 saturated carbocycles. The molecule has 0 bridgehead atoms. The summed E-state index contributed by atoms with van der Waals surface area (Å²) in [5, 5.41) is 0. The summed E-state index contributed by atoms with van der Waals surface area (Å²) in [6, 6.07) is 4.11. The van der Waals surface area contributed by atoms with Gasteiger partial charge in [-0.1, -0.05) is 0 Å². The molecule has 7 heteroatoms. The van der Waals surface area contributed by atoms with Crippen LogP contribution in [0.2, 0.25) is 0 Å². The van der Waals surface area contributed by atoms with Gasteiger partial charge in [0.15, 0.2) is 9.84 Å². The van der Waals surface area contributed by atoms with E-state index in [0.717, 1.165) is 6.42 Å². The summed E-state index contributed by atoms with van der Waals surface area (Å²) in [6.07, 6.45) is 1.43. The topological polar surface area (TPSA) is 71.9 Å². The lowest BCUT2D eigenvalue weighted by atomic mass is 10.1. The predicted octanol–water partition coefficient (Wildman–Crippen LogP) is 1.29. The summed E-state index contributed by atoms with van der Waals surface area (Å²) in [4.78, 5) is 14.5. The Kier molecular flexibility index (Phi) is 3.16. The zero-order valence-corrected chi connectivity index (χ0v) is 11.6. The van der Waals surface area contributed by atoms with Gasteiger partial charge >= 0.3 is 5.69 Å². The molecule has 1 fully saturated rings. The van der Waals surface area contributed by atoms with Crippen LogP contribution >= 0.6 is 0 Å². The normalized spacial score (nSPS) is 22.1. The van der Waals surface area contributed by atoms with Gasteiger partial charge in [0, 0.05) is 6.54 Å². The van der Waals surface area contributed by atoms with Gasteiger partial charge in [-0.05, 0) is 37.0 Å². The van der Waals surface area contributed by atoms with Crippen molar-refractivity contribution < 1.29 is 12.8 Å². The number of aromatic amines is 1. The van der Waals surface area contributed by atoms with Gasteiger partial charge in [0.05, 0.1) is 22.5 Å². The summed E-state index contributed by atoms with van der Waals surface area (Å²) in [5.74, 6) is -0.119. The van der Waals surface area contributed by atoms with Crippen LogP contribution < -0.4 is 5.69 Å². The fourth-order valence-corrected chi connectivity index (χ4v) is 4.60. The molecular formula is C13H15FN2O3S. The Morgan fingerprint density at radius 1 is 1.40 bits per heavy atom. The number of aromatic nitrogens is 2. The van der Waals surface area contributed by atoms with E-state index in [9.17, 15) is 17.6 Å². The molecule has 1 atom stereocenters. The fraction of sp³-hybridized carbons (Fsp3) is 0.462. The molecule has 2 heterocycles. The number of H-pyrrole nitrogens is 1. The number of hydrogen-bond acceptors (Lipinski definition) is 3. The van der Waals surface area contributed by atoms with Gasteiger partial charge in [-0.25, -0.2) is 17.6 Å². The van der Waals surface area contributed by atoms with Crippen molar-refractivity contribution in [2.75, 3.05) is 11.5 Å². The minimum Gasteiger partial charge on any atom is -0.305 e. The van der Waals surface area contributed by atoms with Gasteiger partial charge in [0.1, 0.15) is 5.82 Å². The van der Waals surface area contributed by atoms with Gasteiger partial charge in [-0.2, -0.15) is 0 Å². The Labute approximate surface area is 115 Å². The lowest BCUT2D eigenvalue weighted by molar-refractivity contribution is 0.427. The summed E-state index contributed by atoms with van der Waals surface area (Å²) in [5.41, 5.74) is 0.724. The molecular weight excluding hydrogens is 283 g/mol. The highest BCUT2D eigenvalue weighted by atomic mass is 32.2. The van der Waals surface area contributed by atoms with Crippen LogP contribution in [0.4, 0.5) is 4.39 Å². The molecule has 3 rings (SSSR count). The van der Waals surface area contributed by atoms with E-state index in [1.54, 1.807) is 6.07 Å². The second-order valence-corrected chi connectivity index (χ2v) is 7.55. The maximum absolute atomic E-state index is 13.1. The van der Waals surface area contributed by atoms with Crippen LogP contribution in [0.5, 0.6) is 0 Å². The first-order valence-corrected chi connectivity index (χ1v) is 8.35. The molecule has 0 aliphatic carbocycles. The lowest BCUT2D eigenvalue weighted by Gasteiger charge is -2.22. The average molecular weight is 298 g/mol. The maximum Gasteiger partial charge on any atom is 0.326 e. The standard InChI is InChI=1S/C13H15FN2O3S/c14-10-3-4-12-11(6-10)15-13(17)16(12)7-9-2-1-5-20(18,19)8-9/h3-4,6,9H,1-2,5,7-8H2,(H,15,17). The molecule has 1 unspecified atom stereocenters. The van der Waals surface area contributed by atoms with Crippen molar-refractivity contribution in [3.63, 3.8) is 0 Å². The first-order valence-electron chi connectivity index (χ1n) is 6.53. The van der Waals surface area contributed by atoms with E-state index >= 15 is 0 Å². The van der Waals surface area contributed by atoms with Crippen molar-refractivity contribution in [2.24, 2.45) is 5.92 Å². The van der Waals surface area contributed by atoms with Gasteiger partial charge in [0.2, 0.25) is 0 Å². The number of sulfone groups is 1. The Bertz CT molecular complexity index is 807. The fourth-order valence-electron chi connectivity index (χ4n) is 2.84. The maximum atomic E-state index is 13.1. The molecule has 1 saturated heterocycles. The Balaban J connectivity index is 1.95. The van der Waals surface area contributed by atoms with Crippen LogP contribution in [-0.4, -0.2) is 29.5 Å². The highest BCUT2D eigenvalue weighted by Crippen LogP contribution is 2.21. The number of benzene rings is 1. The number of hydrogen-bond donors (Lipinski definition) is 1. The van der Waals surface area contributed by atoms with Crippen LogP contribution in [0.25, 0.3) is 11.0 Å². The number of rotatable bonds is 2. The van der Waals surface area contributed by atoms with Crippen LogP contribution in [0.1, 0.15) is 12.8 Å². The first-order chi connectivity index (χ1) is 9.44. The number of halogens is 1. The third kappa shape index (κ3) is 2.49. The zero-order chi connectivity index (χ0) is 14.3. The van der Waals surface area contributed by atoms with Crippen molar-refractivity contribution >= 4 is 20.9 Å². The van der Waals surface area contributed by atoms with Crippen LogP contribution in [0, 0.1) is 11.7 Å². The van der Waals surface area contributed by atoms with Gasteiger partial charge in [0.25, 0.3) is 0 Å². The number of nitrogens with one attached hydrogen (secondary N) is 1. The molecule has 20 heavy (non-hydrogen) atoms. The second kappa shape index (κ2) is 4.73. The molecule has 1 aromatic carbocycles. The third-order valence-electron chi connectivity index (χ3n) is 3.73. The largest absolute Gasteiger partial charge is 0.326 e. The van der Waals surface area contributed by atoms with Crippen molar-refractivity contribution in [2.45, 2.75) is 19.4 Å². The smallest absolute Gasteiger partial charge is 0.305 e. The minimum atomic E-state index is -2.99. The summed E-state index contributed by atoms with van der Waals surface area (Å²) in [7, 11) is -2.99. The van der Waals surface area contributed by atoms with Crippen molar-refractivity contribution in [3.05, 3.63) is 34.5 Å². The van der Waals surface area contributed by atoms with Gasteiger partial charge in [-0.3, -0.25) is 4.57 Å². The average Bonchev–Trinajstić information content (AvgIpc) is 2.64. The number of imidazole rings is 1. The molecule has 2 aromatic rings. The number of nitrogens with zero attached hydrogens (tertiary/aromatic N) is 1. The first kappa shape index (κ1) is 13.4. The predicted molar refractivity (Wildman–Crippen MR) is 73.9 cm³/mol. The minimum absolute atomic E-state index is 0.0597. The lowest BCUT2D eigenvalue weighted by Crippen LogP contribution is -2.30. The Morgan fingerprint density at radius 2 is 2.20 bits per heavy atom. The van der Waals surface area contributed by atoms with Crippen LogP contribution in [-0.2, 0) is 16.4 Å². The molecule has 0 amide bonds. The summed E-state index contributed by atoms with van der Waals surface area (Å²) >= 11 is 0. The molecule has 5 nitrogen and oxygen atoms in total. The molecule has 108 valence electrons. The van der Waals surface area contributed by atoms with Crippen LogP contribution in [0.15, 0.2) is 23.0 Å². The Hall–Kier alpha value is -1.63. The quantitative estimate of drug-likeness (QED) is 0.908. The van der Waals surface area contributed by atoms with Gasteiger partial charge in [-0.15, -0.1) is 0 Å². The summed E-state index contributed by atoms with van der Waals surface area (Å²) < 4.78 is 37.9. The zero-order valence-electron chi connectivity index (χ0n) is 10.8. The Morgan fingerprint density at radius 3 is 2.95 bits per heavy atom. The van der Waals surface area contributed by atoms with E-state index in [-0.39, 0.29) is 23.1 Å². The van der Waals surface area contributed by atoms with E-state index in [1.165, 1.54) is 16.7 Å². The second-order valence-electron chi connectivity index (χ2n) is 5.32. The van der Waals surface area contributed by atoms with E-state index < -0.39 is 15.7 Å².